The zero-order valence-electron chi connectivity index (χ0n) is 19.3. The molecule has 0 radical (unpaired) electrons. The van der Waals surface area contributed by atoms with Gasteiger partial charge in [0.15, 0.2) is 5.96 Å². The Morgan fingerprint density at radius 2 is 1.77 bits per heavy atom. The van der Waals surface area contributed by atoms with Crippen LogP contribution in [0, 0.1) is 0 Å². The molecule has 7 nitrogen and oxygen atoms in total. The summed E-state index contributed by atoms with van der Waals surface area (Å²) < 4.78 is 0. The van der Waals surface area contributed by atoms with Crippen LogP contribution in [0.25, 0.3) is 0 Å². The molecule has 1 aromatic carbocycles. The van der Waals surface area contributed by atoms with E-state index < -0.39 is 0 Å². The first kappa shape index (κ1) is 24.0. The molecule has 0 atom stereocenters. The molecule has 7 heteroatoms. The SMILES string of the molecule is CCNC(=NCc1ccc(NC(=O)NC(C)C)cc1)NCC(C)(C)N1CCCCC1. The Bertz CT molecular complexity index is 677. The third-order valence-corrected chi connectivity index (χ3v) is 5.30. The minimum absolute atomic E-state index is 0.0977. The molecular weight excluding hydrogens is 376 g/mol. The zero-order chi connectivity index (χ0) is 22.0. The molecule has 2 amide bonds. The van der Waals surface area contributed by atoms with Crippen LogP contribution in [0.15, 0.2) is 29.3 Å². The summed E-state index contributed by atoms with van der Waals surface area (Å²) in [6.45, 7) is 15.2. The van der Waals surface area contributed by atoms with E-state index in [4.69, 9.17) is 4.99 Å². The number of piperidine rings is 1. The molecule has 168 valence electrons. The summed E-state index contributed by atoms with van der Waals surface area (Å²) in [4.78, 5) is 19.1. The van der Waals surface area contributed by atoms with Crippen molar-refractivity contribution in [2.24, 2.45) is 4.99 Å². The fourth-order valence-electron chi connectivity index (χ4n) is 3.55. The van der Waals surface area contributed by atoms with Crippen molar-refractivity contribution < 1.29 is 4.79 Å². The molecule has 0 saturated carbocycles. The van der Waals surface area contributed by atoms with Gasteiger partial charge in [0.1, 0.15) is 0 Å². The number of nitrogens with one attached hydrogen (secondary N) is 4. The van der Waals surface area contributed by atoms with Gasteiger partial charge in [-0.25, -0.2) is 9.79 Å². The molecule has 2 rings (SSSR count). The molecule has 1 aliphatic rings. The van der Waals surface area contributed by atoms with Gasteiger partial charge >= 0.3 is 6.03 Å². The van der Waals surface area contributed by atoms with Crippen LogP contribution in [0.1, 0.15) is 59.4 Å². The summed E-state index contributed by atoms with van der Waals surface area (Å²) in [6, 6.07) is 7.72. The van der Waals surface area contributed by atoms with E-state index in [1.165, 1.54) is 32.4 Å². The number of likely N-dealkylation sites (tertiary alicyclic amines) is 1. The van der Waals surface area contributed by atoms with Crippen LogP contribution in [-0.2, 0) is 6.54 Å². The van der Waals surface area contributed by atoms with Crippen LogP contribution in [0.5, 0.6) is 0 Å². The molecular formula is C23H40N6O. The maximum Gasteiger partial charge on any atom is 0.319 e. The van der Waals surface area contributed by atoms with E-state index in [0.717, 1.165) is 30.3 Å². The van der Waals surface area contributed by atoms with Crippen molar-refractivity contribution in [3.05, 3.63) is 29.8 Å². The summed E-state index contributed by atoms with van der Waals surface area (Å²) in [6.07, 6.45) is 3.93. The maximum absolute atomic E-state index is 11.8. The lowest BCUT2D eigenvalue weighted by atomic mass is 9.98. The number of rotatable bonds is 8. The molecule has 1 fully saturated rings. The van der Waals surface area contributed by atoms with Crippen molar-refractivity contribution >= 4 is 17.7 Å². The largest absolute Gasteiger partial charge is 0.357 e. The summed E-state index contributed by atoms with van der Waals surface area (Å²) >= 11 is 0. The first-order valence-corrected chi connectivity index (χ1v) is 11.2. The van der Waals surface area contributed by atoms with Gasteiger partial charge in [-0.2, -0.15) is 0 Å². The first-order valence-electron chi connectivity index (χ1n) is 11.2. The van der Waals surface area contributed by atoms with Crippen molar-refractivity contribution in [2.45, 2.75) is 72.0 Å². The van der Waals surface area contributed by atoms with E-state index in [2.05, 4.69) is 46.9 Å². The predicted molar refractivity (Wildman–Crippen MR) is 126 cm³/mol. The zero-order valence-corrected chi connectivity index (χ0v) is 19.3. The summed E-state index contributed by atoms with van der Waals surface area (Å²) in [5.41, 5.74) is 1.96. The number of hydrogen-bond acceptors (Lipinski definition) is 3. The highest BCUT2D eigenvalue weighted by molar-refractivity contribution is 5.89. The second kappa shape index (κ2) is 11.8. The molecule has 0 unspecified atom stereocenters. The minimum atomic E-state index is -0.189. The van der Waals surface area contributed by atoms with E-state index in [1.54, 1.807) is 0 Å². The number of nitrogens with zero attached hydrogens (tertiary/aromatic N) is 2. The van der Waals surface area contributed by atoms with Crippen LogP contribution in [0.4, 0.5) is 10.5 Å². The Kier molecular flexibility index (Phi) is 9.43. The Morgan fingerprint density at radius 1 is 1.10 bits per heavy atom. The molecule has 30 heavy (non-hydrogen) atoms. The second-order valence-electron chi connectivity index (χ2n) is 8.86. The van der Waals surface area contributed by atoms with Crippen molar-refractivity contribution in [2.75, 3.05) is 31.5 Å². The monoisotopic (exact) mass is 416 g/mol. The number of anilines is 1. The maximum atomic E-state index is 11.8. The van der Waals surface area contributed by atoms with Crippen LogP contribution in [-0.4, -0.2) is 54.7 Å². The Hall–Kier alpha value is -2.28. The number of benzene rings is 1. The number of aliphatic imine (C=N–C) groups is 1. The number of carbonyl (C=O) groups excluding carboxylic acids is 1. The van der Waals surface area contributed by atoms with Gasteiger partial charge < -0.3 is 21.3 Å². The number of guanidine groups is 1. The lowest BCUT2D eigenvalue weighted by molar-refractivity contribution is 0.0982. The second-order valence-corrected chi connectivity index (χ2v) is 8.86. The fraction of sp³-hybridized carbons (Fsp3) is 0.652. The number of hydrogen-bond donors (Lipinski definition) is 4. The summed E-state index contributed by atoms with van der Waals surface area (Å²) in [5, 5.41) is 12.5. The van der Waals surface area contributed by atoms with Gasteiger partial charge in [0.25, 0.3) is 0 Å². The summed E-state index contributed by atoms with van der Waals surface area (Å²) in [7, 11) is 0. The van der Waals surface area contributed by atoms with E-state index in [9.17, 15) is 4.79 Å². The highest BCUT2D eigenvalue weighted by Gasteiger charge is 2.27. The number of carbonyl (C=O) groups is 1. The van der Waals surface area contributed by atoms with E-state index in [1.807, 2.05) is 38.1 Å². The van der Waals surface area contributed by atoms with Gasteiger partial charge in [0.05, 0.1) is 6.54 Å². The van der Waals surface area contributed by atoms with Crippen molar-refractivity contribution in [1.29, 1.82) is 0 Å². The van der Waals surface area contributed by atoms with Gasteiger partial charge in [-0.15, -0.1) is 0 Å². The van der Waals surface area contributed by atoms with Gasteiger partial charge in [-0.1, -0.05) is 18.6 Å². The van der Waals surface area contributed by atoms with Gasteiger partial charge in [-0.3, -0.25) is 4.90 Å². The van der Waals surface area contributed by atoms with Crippen molar-refractivity contribution in [3.63, 3.8) is 0 Å². The average Bonchev–Trinajstić information content (AvgIpc) is 2.71. The molecule has 0 bridgehead atoms. The molecule has 0 spiro atoms. The quantitative estimate of drug-likeness (QED) is 0.386. The highest BCUT2D eigenvalue weighted by Crippen LogP contribution is 2.19. The Balaban J connectivity index is 1.89. The minimum Gasteiger partial charge on any atom is -0.357 e. The van der Waals surface area contributed by atoms with E-state index in [0.29, 0.717) is 6.54 Å². The first-order chi connectivity index (χ1) is 14.3. The molecule has 4 N–H and O–H groups in total. The normalized spacial score (nSPS) is 15.7. The number of amides is 2. The Labute approximate surface area is 182 Å². The van der Waals surface area contributed by atoms with Gasteiger partial charge in [0, 0.05) is 30.4 Å². The predicted octanol–water partition coefficient (Wildman–Crippen LogP) is 3.54. The lowest BCUT2D eigenvalue weighted by Crippen LogP contribution is -2.54. The molecule has 1 saturated heterocycles. The third kappa shape index (κ3) is 8.22. The van der Waals surface area contributed by atoms with Crippen LogP contribution in [0.2, 0.25) is 0 Å². The van der Waals surface area contributed by atoms with E-state index in [-0.39, 0.29) is 17.6 Å². The molecule has 1 aromatic rings. The average molecular weight is 417 g/mol. The number of urea groups is 1. The van der Waals surface area contributed by atoms with Crippen molar-refractivity contribution in [1.82, 2.24) is 20.9 Å². The van der Waals surface area contributed by atoms with Crippen LogP contribution in [0.3, 0.4) is 0 Å². The highest BCUT2D eigenvalue weighted by atomic mass is 16.2. The lowest BCUT2D eigenvalue weighted by Gasteiger charge is -2.41. The van der Waals surface area contributed by atoms with Gasteiger partial charge in [0.2, 0.25) is 0 Å². The topological polar surface area (TPSA) is 80.8 Å². The van der Waals surface area contributed by atoms with E-state index >= 15 is 0 Å². The van der Waals surface area contributed by atoms with Crippen molar-refractivity contribution in [3.8, 4) is 0 Å². The van der Waals surface area contributed by atoms with Gasteiger partial charge in [-0.05, 0) is 78.2 Å². The molecule has 0 aliphatic carbocycles. The fourth-order valence-corrected chi connectivity index (χ4v) is 3.55. The van der Waals surface area contributed by atoms with Crippen LogP contribution < -0.4 is 21.3 Å². The summed E-state index contributed by atoms with van der Waals surface area (Å²) in [5.74, 6) is 0.834. The molecule has 0 aromatic heterocycles. The smallest absolute Gasteiger partial charge is 0.319 e. The standard InChI is InChI=1S/C23H40N6O/c1-6-24-21(26-17-23(4,5)29-14-8-7-9-15-29)25-16-19-10-12-20(13-11-19)28-22(30)27-18(2)3/h10-13,18H,6-9,14-17H2,1-5H3,(H2,24,25,26)(H2,27,28,30). The molecule has 1 heterocycles. The molecule has 1 aliphatic heterocycles. The van der Waals surface area contributed by atoms with Crippen LogP contribution >= 0.6 is 0 Å². The third-order valence-electron chi connectivity index (χ3n) is 5.30. The Morgan fingerprint density at radius 3 is 2.37 bits per heavy atom.